The Morgan fingerprint density at radius 2 is 2.22 bits per heavy atom. The Morgan fingerprint density at radius 3 is 2.94 bits per heavy atom. The van der Waals surface area contributed by atoms with Crippen LogP contribution in [0.3, 0.4) is 0 Å². The predicted octanol–water partition coefficient (Wildman–Crippen LogP) is 1.89. The lowest BCUT2D eigenvalue weighted by Crippen LogP contribution is -2.03. The van der Waals surface area contributed by atoms with E-state index in [1.54, 1.807) is 12.4 Å². The molecule has 18 heavy (non-hydrogen) atoms. The first-order chi connectivity index (χ1) is 8.75. The number of thioether (sulfide) groups is 1. The van der Waals surface area contributed by atoms with Gasteiger partial charge in [-0.2, -0.15) is 0 Å². The number of hydrogen-bond donors (Lipinski definition) is 1. The van der Waals surface area contributed by atoms with Crippen LogP contribution in [-0.4, -0.2) is 31.4 Å². The molecule has 0 aliphatic carbocycles. The number of nitrogens with zero attached hydrogens (tertiary/aromatic N) is 3. The van der Waals surface area contributed by atoms with Crippen LogP contribution in [-0.2, 0) is 11.3 Å². The highest BCUT2D eigenvalue weighted by Crippen LogP contribution is 2.17. The van der Waals surface area contributed by atoms with Crippen LogP contribution in [0.1, 0.15) is 12.1 Å². The van der Waals surface area contributed by atoms with E-state index in [0.717, 1.165) is 10.9 Å². The molecule has 94 valence electrons. The van der Waals surface area contributed by atoms with Gasteiger partial charge in [0, 0.05) is 24.3 Å². The van der Waals surface area contributed by atoms with Crippen LogP contribution in [0.4, 0.5) is 0 Å². The summed E-state index contributed by atoms with van der Waals surface area (Å²) < 4.78 is 1.97. The number of pyridine rings is 1. The molecule has 2 heterocycles. The molecular formula is C12H13N3O2S. The van der Waals surface area contributed by atoms with Crippen LogP contribution >= 0.6 is 11.8 Å². The maximum absolute atomic E-state index is 10.5. The summed E-state index contributed by atoms with van der Waals surface area (Å²) in [4.78, 5) is 18.9. The van der Waals surface area contributed by atoms with Crippen molar-refractivity contribution in [2.75, 3.05) is 5.75 Å². The molecule has 0 atom stereocenters. The van der Waals surface area contributed by atoms with Crippen LogP contribution in [0.15, 0.2) is 41.9 Å². The van der Waals surface area contributed by atoms with E-state index in [9.17, 15) is 4.79 Å². The maximum Gasteiger partial charge on any atom is 0.304 e. The summed E-state index contributed by atoms with van der Waals surface area (Å²) in [6, 6.07) is 5.77. The zero-order chi connectivity index (χ0) is 12.8. The molecule has 2 rings (SSSR count). The van der Waals surface area contributed by atoms with Crippen molar-refractivity contribution in [1.82, 2.24) is 14.5 Å². The second-order valence-corrected chi connectivity index (χ2v) is 4.71. The van der Waals surface area contributed by atoms with Crippen molar-refractivity contribution >= 4 is 17.7 Å². The third-order valence-corrected chi connectivity index (χ3v) is 3.29. The minimum atomic E-state index is -0.787. The third kappa shape index (κ3) is 3.59. The third-order valence-electron chi connectivity index (χ3n) is 2.28. The Morgan fingerprint density at radius 1 is 1.33 bits per heavy atom. The molecule has 0 fully saturated rings. The summed E-state index contributed by atoms with van der Waals surface area (Å²) in [5.74, 6) is -0.264. The smallest absolute Gasteiger partial charge is 0.304 e. The van der Waals surface area contributed by atoms with Gasteiger partial charge in [-0.3, -0.25) is 9.78 Å². The van der Waals surface area contributed by atoms with Gasteiger partial charge < -0.3 is 9.67 Å². The highest BCUT2D eigenvalue weighted by molar-refractivity contribution is 7.99. The van der Waals surface area contributed by atoms with E-state index in [1.165, 1.54) is 11.8 Å². The Labute approximate surface area is 109 Å². The molecule has 6 heteroatoms. The molecule has 0 radical (unpaired) electrons. The highest BCUT2D eigenvalue weighted by atomic mass is 32.2. The van der Waals surface area contributed by atoms with E-state index in [-0.39, 0.29) is 6.42 Å². The molecule has 0 unspecified atom stereocenters. The fourth-order valence-electron chi connectivity index (χ4n) is 1.45. The number of hydrogen-bond acceptors (Lipinski definition) is 4. The molecule has 0 bridgehead atoms. The molecule has 5 nitrogen and oxygen atoms in total. The highest BCUT2D eigenvalue weighted by Gasteiger charge is 2.06. The fraction of sp³-hybridized carbons (Fsp3) is 0.250. The summed E-state index contributed by atoms with van der Waals surface area (Å²) in [7, 11) is 0. The van der Waals surface area contributed by atoms with E-state index in [1.807, 2.05) is 29.0 Å². The van der Waals surface area contributed by atoms with Gasteiger partial charge in [-0.1, -0.05) is 17.8 Å². The monoisotopic (exact) mass is 263 g/mol. The van der Waals surface area contributed by atoms with E-state index < -0.39 is 5.97 Å². The Bertz CT molecular complexity index is 513. The normalized spacial score (nSPS) is 10.4. The number of carboxylic acids is 1. The van der Waals surface area contributed by atoms with Gasteiger partial charge in [0.2, 0.25) is 0 Å². The number of carbonyl (C=O) groups is 1. The first kappa shape index (κ1) is 12.6. The molecule has 0 spiro atoms. The molecule has 1 N–H and O–H groups in total. The molecule has 0 aliphatic heterocycles. The summed E-state index contributed by atoms with van der Waals surface area (Å²) >= 11 is 1.44. The summed E-state index contributed by atoms with van der Waals surface area (Å²) in [5.41, 5.74) is 0.954. The van der Waals surface area contributed by atoms with Gasteiger partial charge in [0.15, 0.2) is 5.16 Å². The summed E-state index contributed by atoms with van der Waals surface area (Å²) in [6.07, 6.45) is 5.48. The Balaban J connectivity index is 1.97. The van der Waals surface area contributed by atoms with E-state index in [0.29, 0.717) is 12.3 Å². The second-order valence-electron chi connectivity index (χ2n) is 3.65. The van der Waals surface area contributed by atoms with Crippen molar-refractivity contribution < 1.29 is 9.90 Å². The van der Waals surface area contributed by atoms with Gasteiger partial charge in [-0.05, 0) is 12.1 Å². The van der Waals surface area contributed by atoms with Crippen LogP contribution in [0.25, 0.3) is 0 Å². The number of imidazole rings is 1. The lowest BCUT2D eigenvalue weighted by molar-refractivity contribution is -0.136. The van der Waals surface area contributed by atoms with Crippen LogP contribution in [0.5, 0.6) is 0 Å². The van der Waals surface area contributed by atoms with Crippen molar-refractivity contribution in [3.8, 4) is 0 Å². The predicted molar refractivity (Wildman–Crippen MR) is 68.5 cm³/mol. The fourth-order valence-corrected chi connectivity index (χ4v) is 2.34. The van der Waals surface area contributed by atoms with Crippen LogP contribution in [0, 0.1) is 0 Å². The number of rotatable bonds is 6. The summed E-state index contributed by atoms with van der Waals surface area (Å²) in [6.45, 7) is 0.649. The van der Waals surface area contributed by atoms with Gasteiger partial charge in [0.1, 0.15) is 0 Å². The van der Waals surface area contributed by atoms with Gasteiger partial charge in [0.25, 0.3) is 0 Å². The molecular weight excluding hydrogens is 250 g/mol. The first-order valence-electron chi connectivity index (χ1n) is 5.51. The largest absolute Gasteiger partial charge is 0.481 e. The molecule has 0 aliphatic rings. The van der Waals surface area contributed by atoms with Crippen molar-refractivity contribution in [2.24, 2.45) is 0 Å². The van der Waals surface area contributed by atoms with Crippen LogP contribution in [0.2, 0.25) is 0 Å². The molecule has 0 amide bonds. The van der Waals surface area contributed by atoms with Crippen molar-refractivity contribution in [3.05, 3.63) is 42.5 Å². The minimum Gasteiger partial charge on any atom is -0.481 e. The van der Waals surface area contributed by atoms with Gasteiger partial charge in [-0.25, -0.2) is 4.98 Å². The minimum absolute atomic E-state index is 0.140. The lowest BCUT2D eigenvalue weighted by atomic mass is 10.3. The number of aromatic nitrogens is 3. The number of carboxylic acid groups (broad SMARTS) is 1. The van der Waals surface area contributed by atoms with Crippen molar-refractivity contribution in [2.45, 2.75) is 18.1 Å². The topological polar surface area (TPSA) is 68.0 Å². The Hall–Kier alpha value is -1.82. The van der Waals surface area contributed by atoms with Crippen molar-refractivity contribution in [1.29, 1.82) is 0 Å². The van der Waals surface area contributed by atoms with Gasteiger partial charge >= 0.3 is 5.97 Å². The average Bonchev–Trinajstić information content (AvgIpc) is 2.78. The molecule has 2 aromatic rings. The zero-order valence-corrected chi connectivity index (χ0v) is 10.5. The number of aliphatic carboxylic acids is 1. The van der Waals surface area contributed by atoms with Crippen LogP contribution < -0.4 is 0 Å². The Kier molecular flexibility index (Phi) is 4.35. The van der Waals surface area contributed by atoms with E-state index >= 15 is 0 Å². The van der Waals surface area contributed by atoms with E-state index in [2.05, 4.69) is 9.97 Å². The molecule has 0 aromatic carbocycles. The standard InChI is InChI=1S/C12H13N3O2S/c16-11(17)4-8-18-12-14-6-7-15(12)9-10-3-1-2-5-13-10/h1-3,5-7H,4,8-9H2,(H,16,17). The SMILES string of the molecule is O=C(O)CCSc1nccn1Cc1ccccn1. The second kappa shape index (κ2) is 6.20. The first-order valence-corrected chi connectivity index (χ1v) is 6.50. The van der Waals surface area contributed by atoms with E-state index in [4.69, 9.17) is 5.11 Å². The molecule has 2 aromatic heterocycles. The van der Waals surface area contributed by atoms with Gasteiger partial charge in [0.05, 0.1) is 18.7 Å². The quantitative estimate of drug-likeness (QED) is 0.806. The van der Waals surface area contributed by atoms with Crippen molar-refractivity contribution in [3.63, 3.8) is 0 Å². The summed E-state index contributed by atoms with van der Waals surface area (Å²) in [5, 5.41) is 9.42. The molecule has 0 saturated heterocycles. The lowest BCUT2D eigenvalue weighted by Gasteiger charge is -2.06. The average molecular weight is 263 g/mol. The maximum atomic E-state index is 10.5. The van der Waals surface area contributed by atoms with Gasteiger partial charge in [-0.15, -0.1) is 0 Å². The molecule has 0 saturated carbocycles. The zero-order valence-electron chi connectivity index (χ0n) is 9.69.